The fraction of sp³-hybridized carbons (Fsp3) is 0.571. The molecule has 0 saturated carbocycles. The first kappa shape index (κ1) is 15.4. The van der Waals surface area contributed by atoms with Crippen LogP contribution in [0.15, 0.2) is 18.3 Å². The van der Waals surface area contributed by atoms with Gasteiger partial charge < -0.3 is 15.3 Å². The number of nitrogens with one attached hydrogen (secondary N) is 1. The van der Waals surface area contributed by atoms with Gasteiger partial charge in [0.15, 0.2) is 0 Å². The number of rotatable bonds is 7. The molecule has 0 saturated heterocycles. The molecule has 1 rings (SSSR count). The first-order chi connectivity index (χ1) is 9.10. The Morgan fingerprint density at radius 1 is 1.53 bits per heavy atom. The smallest absolute Gasteiger partial charge is 0.272 e. The second-order valence-corrected chi connectivity index (χ2v) is 4.63. The van der Waals surface area contributed by atoms with Crippen molar-refractivity contribution >= 4 is 11.6 Å². The van der Waals surface area contributed by atoms with Crippen LogP contribution in [-0.2, 0) is 0 Å². The van der Waals surface area contributed by atoms with E-state index in [9.17, 15) is 4.79 Å². The number of aliphatic hydroxyl groups excluding tert-OH is 1. The zero-order chi connectivity index (χ0) is 14.3. The molecule has 1 aromatic rings. The van der Waals surface area contributed by atoms with Gasteiger partial charge in [-0.2, -0.15) is 0 Å². The predicted octanol–water partition coefficient (Wildman–Crippen LogP) is 1.75. The summed E-state index contributed by atoms with van der Waals surface area (Å²) in [5, 5.41) is 12.1. The average Bonchev–Trinajstić information content (AvgIpc) is 2.39. The van der Waals surface area contributed by atoms with Crippen LogP contribution in [0.3, 0.4) is 0 Å². The second kappa shape index (κ2) is 7.74. The van der Waals surface area contributed by atoms with Gasteiger partial charge >= 0.3 is 0 Å². The number of pyridine rings is 1. The minimum Gasteiger partial charge on any atom is -0.396 e. The van der Waals surface area contributed by atoms with Crippen LogP contribution in [-0.4, -0.2) is 46.6 Å². The van der Waals surface area contributed by atoms with E-state index < -0.39 is 0 Å². The SMILES string of the molecule is CCNc1ccnc(C(=O)N(CCCO)C(C)C)c1. The maximum Gasteiger partial charge on any atom is 0.272 e. The fourth-order valence-corrected chi connectivity index (χ4v) is 1.84. The summed E-state index contributed by atoms with van der Waals surface area (Å²) in [5.74, 6) is -0.0943. The van der Waals surface area contributed by atoms with Crippen molar-refractivity contribution in [3.63, 3.8) is 0 Å². The number of carbonyl (C=O) groups is 1. The highest BCUT2D eigenvalue weighted by molar-refractivity contribution is 5.93. The van der Waals surface area contributed by atoms with Gasteiger partial charge in [-0.3, -0.25) is 9.78 Å². The van der Waals surface area contributed by atoms with Crippen molar-refractivity contribution in [2.24, 2.45) is 0 Å². The summed E-state index contributed by atoms with van der Waals surface area (Å²) >= 11 is 0. The van der Waals surface area contributed by atoms with Crippen molar-refractivity contribution in [2.45, 2.75) is 33.2 Å². The molecule has 0 radical (unpaired) electrons. The van der Waals surface area contributed by atoms with E-state index in [1.807, 2.05) is 26.8 Å². The first-order valence-electron chi connectivity index (χ1n) is 6.71. The van der Waals surface area contributed by atoms with Crippen LogP contribution >= 0.6 is 0 Å². The summed E-state index contributed by atoms with van der Waals surface area (Å²) in [6.45, 7) is 7.36. The monoisotopic (exact) mass is 265 g/mol. The predicted molar refractivity (Wildman–Crippen MR) is 76.3 cm³/mol. The van der Waals surface area contributed by atoms with Crippen LogP contribution in [0.4, 0.5) is 5.69 Å². The Morgan fingerprint density at radius 2 is 2.26 bits per heavy atom. The molecular weight excluding hydrogens is 242 g/mol. The van der Waals surface area contributed by atoms with Crippen molar-refractivity contribution in [3.8, 4) is 0 Å². The molecule has 0 bridgehead atoms. The van der Waals surface area contributed by atoms with Crippen LogP contribution in [0.25, 0.3) is 0 Å². The van der Waals surface area contributed by atoms with Crippen molar-refractivity contribution in [1.82, 2.24) is 9.88 Å². The fourth-order valence-electron chi connectivity index (χ4n) is 1.84. The number of carbonyl (C=O) groups excluding carboxylic acids is 1. The van der Waals surface area contributed by atoms with Gasteiger partial charge in [0.1, 0.15) is 5.69 Å². The van der Waals surface area contributed by atoms with Crippen LogP contribution in [0.5, 0.6) is 0 Å². The van der Waals surface area contributed by atoms with E-state index in [1.165, 1.54) is 0 Å². The number of hydrogen-bond acceptors (Lipinski definition) is 4. The zero-order valence-corrected chi connectivity index (χ0v) is 11.9. The second-order valence-electron chi connectivity index (χ2n) is 4.63. The lowest BCUT2D eigenvalue weighted by Crippen LogP contribution is -2.38. The standard InChI is InChI=1S/C14H23N3O2/c1-4-15-12-6-7-16-13(10-12)14(19)17(11(2)3)8-5-9-18/h6-7,10-11,18H,4-5,8-9H2,1-3H3,(H,15,16). The van der Waals surface area contributed by atoms with Crippen molar-refractivity contribution in [3.05, 3.63) is 24.0 Å². The van der Waals surface area contributed by atoms with Crippen molar-refractivity contribution in [2.75, 3.05) is 25.0 Å². The molecule has 5 heteroatoms. The molecule has 1 heterocycles. The third-order valence-electron chi connectivity index (χ3n) is 2.80. The molecule has 0 aromatic carbocycles. The molecule has 0 atom stereocenters. The number of aromatic nitrogens is 1. The van der Waals surface area contributed by atoms with Gasteiger partial charge in [-0.1, -0.05) is 0 Å². The lowest BCUT2D eigenvalue weighted by atomic mass is 10.2. The van der Waals surface area contributed by atoms with Crippen molar-refractivity contribution in [1.29, 1.82) is 0 Å². The summed E-state index contributed by atoms with van der Waals surface area (Å²) in [7, 11) is 0. The van der Waals surface area contributed by atoms with Crippen LogP contribution in [0, 0.1) is 0 Å². The van der Waals surface area contributed by atoms with Gasteiger partial charge in [-0.25, -0.2) is 0 Å². The molecule has 0 spiro atoms. The zero-order valence-electron chi connectivity index (χ0n) is 11.9. The van der Waals surface area contributed by atoms with Gasteiger partial charge in [0.2, 0.25) is 0 Å². The number of anilines is 1. The normalized spacial score (nSPS) is 10.6. The van der Waals surface area contributed by atoms with Gasteiger partial charge in [0, 0.05) is 37.6 Å². The Morgan fingerprint density at radius 3 is 2.84 bits per heavy atom. The minimum absolute atomic E-state index is 0.0847. The van der Waals surface area contributed by atoms with E-state index in [-0.39, 0.29) is 18.6 Å². The molecular formula is C14H23N3O2. The topological polar surface area (TPSA) is 65.5 Å². The quantitative estimate of drug-likeness (QED) is 0.788. The van der Waals surface area contributed by atoms with E-state index in [1.54, 1.807) is 17.2 Å². The number of aliphatic hydroxyl groups is 1. The van der Waals surface area contributed by atoms with E-state index in [2.05, 4.69) is 10.3 Å². The van der Waals surface area contributed by atoms with E-state index >= 15 is 0 Å². The van der Waals surface area contributed by atoms with E-state index in [4.69, 9.17) is 5.11 Å². The highest BCUT2D eigenvalue weighted by Gasteiger charge is 2.19. The molecule has 0 aliphatic heterocycles. The Bertz CT molecular complexity index is 407. The lowest BCUT2D eigenvalue weighted by molar-refractivity contribution is 0.0687. The van der Waals surface area contributed by atoms with E-state index in [0.717, 1.165) is 12.2 Å². The highest BCUT2D eigenvalue weighted by atomic mass is 16.3. The molecule has 1 amide bonds. The maximum absolute atomic E-state index is 12.4. The van der Waals surface area contributed by atoms with Gasteiger partial charge in [0.25, 0.3) is 5.91 Å². The molecule has 0 aliphatic rings. The third-order valence-corrected chi connectivity index (χ3v) is 2.80. The number of nitrogens with zero attached hydrogens (tertiary/aromatic N) is 2. The highest BCUT2D eigenvalue weighted by Crippen LogP contribution is 2.12. The van der Waals surface area contributed by atoms with Gasteiger partial charge in [0.05, 0.1) is 0 Å². The molecule has 2 N–H and O–H groups in total. The maximum atomic E-state index is 12.4. The van der Waals surface area contributed by atoms with Crippen LogP contribution in [0.2, 0.25) is 0 Å². The largest absolute Gasteiger partial charge is 0.396 e. The summed E-state index contributed by atoms with van der Waals surface area (Å²) in [6.07, 6.45) is 2.21. The summed E-state index contributed by atoms with van der Waals surface area (Å²) < 4.78 is 0. The average molecular weight is 265 g/mol. The van der Waals surface area contributed by atoms with Crippen molar-refractivity contribution < 1.29 is 9.90 Å². The molecule has 19 heavy (non-hydrogen) atoms. The Labute approximate surface area is 114 Å². The number of hydrogen-bond donors (Lipinski definition) is 2. The lowest BCUT2D eigenvalue weighted by Gasteiger charge is -2.26. The van der Waals surface area contributed by atoms with Crippen LogP contribution < -0.4 is 5.32 Å². The molecule has 0 fully saturated rings. The third kappa shape index (κ3) is 4.52. The minimum atomic E-state index is -0.0943. The van der Waals surface area contributed by atoms with Crippen LogP contribution in [0.1, 0.15) is 37.7 Å². The molecule has 5 nitrogen and oxygen atoms in total. The summed E-state index contributed by atoms with van der Waals surface area (Å²) in [4.78, 5) is 18.3. The Kier molecular flexibility index (Phi) is 6.29. The molecule has 0 aliphatic carbocycles. The summed E-state index contributed by atoms with van der Waals surface area (Å²) in [6, 6.07) is 3.69. The Balaban J connectivity index is 2.86. The molecule has 106 valence electrons. The molecule has 1 aromatic heterocycles. The summed E-state index contributed by atoms with van der Waals surface area (Å²) in [5.41, 5.74) is 1.33. The van der Waals surface area contributed by atoms with Gasteiger partial charge in [-0.15, -0.1) is 0 Å². The number of amides is 1. The molecule has 0 unspecified atom stereocenters. The Hall–Kier alpha value is -1.62. The van der Waals surface area contributed by atoms with E-state index in [0.29, 0.717) is 18.7 Å². The van der Waals surface area contributed by atoms with Gasteiger partial charge in [-0.05, 0) is 39.3 Å². The first-order valence-corrected chi connectivity index (χ1v) is 6.71.